The zero-order chi connectivity index (χ0) is 25.3. The van der Waals surface area contributed by atoms with Gasteiger partial charge >= 0.3 is 0 Å². The summed E-state index contributed by atoms with van der Waals surface area (Å²) in [7, 11) is 0. The van der Waals surface area contributed by atoms with Crippen molar-refractivity contribution in [3.63, 3.8) is 0 Å². The first-order chi connectivity index (χ1) is 16.7. The van der Waals surface area contributed by atoms with Crippen molar-refractivity contribution in [3.05, 3.63) is 95.2 Å². The molecule has 1 saturated heterocycles. The second-order valence-electron chi connectivity index (χ2n) is 7.26. The minimum absolute atomic E-state index is 0.0957. The van der Waals surface area contributed by atoms with Gasteiger partial charge in [0.05, 0.1) is 23.8 Å². The van der Waals surface area contributed by atoms with Crippen LogP contribution in [0.25, 0.3) is 6.08 Å². The average Bonchev–Trinajstić information content (AvgIpc) is 2.80. The number of rotatable bonds is 5. The number of ether oxygens (including phenoxy) is 1. The maximum absolute atomic E-state index is 13.3. The van der Waals surface area contributed by atoms with Crippen LogP contribution < -0.4 is 15.0 Å². The molecule has 35 heavy (non-hydrogen) atoms. The molecule has 1 fully saturated rings. The molecule has 11 heteroatoms. The molecule has 0 spiro atoms. The summed E-state index contributed by atoms with van der Waals surface area (Å²) < 4.78 is 20.4. The first kappa shape index (κ1) is 26.0. The Kier molecular flexibility index (Phi) is 8.12. The normalized spacial score (nSPS) is 14.9. The van der Waals surface area contributed by atoms with E-state index < -0.39 is 11.8 Å². The fraction of sp³-hybridized carbons (Fsp3) is 0.0417. The number of thiocarbonyl (C=S) groups is 1. The van der Waals surface area contributed by atoms with E-state index in [1.54, 1.807) is 42.5 Å². The molecule has 0 atom stereocenters. The van der Waals surface area contributed by atoms with Crippen molar-refractivity contribution in [1.82, 2.24) is 5.32 Å². The highest BCUT2D eigenvalue weighted by molar-refractivity contribution is 14.1. The molecule has 178 valence electrons. The lowest BCUT2D eigenvalue weighted by Gasteiger charge is -2.29. The number of amides is 2. The van der Waals surface area contributed by atoms with Crippen LogP contribution in [0.2, 0.25) is 10.0 Å². The van der Waals surface area contributed by atoms with Gasteiger partial charge in [0.2, 0.25) is 0 Å². The minimum Gasteiger partial charge on any atom is -0.487 e. The number of hydrogen-bond acceptors (Lipinski definition) is 4. The SMILES string of the molecule is O=C1NC(=S)N(c2cccc(Cl)c2Cl)C(=O)/C1=C/c1cc(Br)c(OCc2ccc(F)cc2)c(I)c1. The van der Waals surface area contributed by atoms with E-state index in [2.05, 4.69) is 43.8 Å². The Labute approximate surface area is 237 Å². The summed E-state index contributed by atoms with van der Waals surface area (Å²) in [5.74, 6) is -1.01. The van der Waals surface area contributed by atoms with Crippen molar-refractivity contribution in [2.75, 3.05) is 4.90 Å². The second kappa shape index (κ2) is 10.9. The molecule has 1 N–H and O–H groups in total. The van der Waals surface area contributed by atoms with Crippen LogP contribution in [0.1, 0.15) is 11.1 Å². The molecule has 0 saturated carbocycles. The predicted octanol–water partition coefficient (Wildman–Crippen LogP) is 6.91. The smallest absolute Gasteiger partial charge is 0.270 e. The number of halogens is 5. The maximum atomic E-state index is 13.3. The summed E-state index contributed by atoms with van der Waals surface area (Å²) in [4.78, 5) is 27.0. The largest absolute Gasteiger partial charge is 0.487 e. The maximum Gasteiger partial charge on any atom is 0.270 e. The van der Waals surface area contributed by atoms with Crippen LogP contribution in [0.3, 0.4) is 0 Å². The minimum atomic E-state index is -0.634. The van der Waals surface area contributed by atoms with Crippen molar-refractivity contribution in [2.24, 2.45) is 0 Å². The summed E-state index contributed by atoms with van der Waals surface area (Å²) >= 11 is 23.2. The van der Waals surface area contributed by atoms with E-state index >= 15 is 0 Å². The molecule has 0 aromatic heterocycles. The third-order valence-corrected chi connectivity index (χ3v) is 7.39. The highest BCUT2D eigenvalue weighted by Gasteiger charge is 2.35. The summed E-state index contributed by atoms with van der Waals surface area (Å²) in [6.45, 7) is 0.239. The third-order valence-electron chi connectivity index (χ3n) is 4.90. The molecule has 4 rings (SSSR count). The average molecular weight is 706 g/mol. The lowest BCUT2D eigenvalue weighted by atomic mass is 10.1. The molecule has 0 bridgehead atoms. The molecule has 0 radical (unpaired) electrons. The molecule has 0 unspecified atom stereocenters. The number of benzene rings is 3. The number of nitrogens with one attached hydrogen (secondary N) is 1. The molecule has 5 nitrogen and oxygen atoms in total. The van der Waals surface area contributed by atoms with Crippen LogP contribution in [0.4, 0.5) is 10.1 Å². The summed E-state index contributed by atoms with van der Waals surface area (Å²) in [5, 5.41) is 2.81. The molecular weight excluding hydrogens is 693 g/mol. The van der Waals surface area contributed by atoms with Gasteiger partial charge in [-0.05, 0) is 104 Å². The van der Waals surface area contributed by atoms with Crippen LogP contribution in [0, 0.1) is 9.39 Å². The molecule has 1 aliphatic heterocycles. The summed E-state index contributed by atoms with van der Waals surface area (Å²) in [6, 6.07) is 14.3. The topological polar surface area (TPSA) is 58.6 Å². The van der Waals surface area contributed by atoms with E-state index in [0.717, 1.165) is 14.0 Å². The summed E-state index contributed by atoms with van der Waals surface area (Å²) in [6.07, 6.45) is 1.46. The fourth-order valence-corrected chi connectivity index (χ4v) is 5.67. The van der Waals surface area contributed by atoms with Gasteiger partial charge in [-0.15, -0.1) is 0 Å². The van der Waals surface area contributed by atoms with Crippen LogP contribution in [-0.4, -0.2) is 16.9 Å². The summed E-state index contributed by atoms with van der Waals surface area (Å²) in [5.41, 5.74) is 1.53. The van der Waals surface area contributed by atoms with E-state index in [-0.39, 0.29) is 38.8 Å². The molecule has 1 aliphatic rings. The zero-order valence-corrected chi connectivity index (χ0v) is 23.5. The lowest BCUT2D eigenvalue weighted by molar-refractivity contribution is -0.122. The second-order valence-corrected chi connectivity index (χ2v) is 10.4. The van der Waals surface area contributed by atoms with Crippen molar-refractivity contribution >= 4 is 103 Å². The Balaban J connectivity index is 1.63. The standard InChI is InChI=1S/C24H13BrCl2FIN2O3S/c25-16-9-13(10-18(29)21(16)34-11-12-4-6-14(28)7-5-12)8-15-22(32)30-24(35)31(23(15)33)19-3-1-2-17(26)20(19)27/h1-10H,11H2,(H,30,32,35)/b15-8+. The molecule has 2 amide bonds. The van der Waals surface area contributed by atoms with Crippen molar-refractivity contribution < 1.29 is 18.7 Å². The van der Waals surface area contributed by atoms with Crippen LogP contribution in [-0.2, 0) is 16.2 Å². The van der Waals surface area contributed by atoms with Gasteiger partial charge in [-0.1, -0.05) is 41.4 Å². The Morgan fingerprint density at radius 3 is 2.54 bits per heavy atom. The highest BCUT2D eigenvalue weighted by Crippen LogP contribution is 2.36. The van der Waals surface area contributed by atoms with Gasteiger partial charge in [0.25, 0.3) is 11.8 Å². The van der Waals surface area contributed by atoms with Gasteiger partial charge in [0.15, 0.2) is 5.11 Å². The highest BCUT2D eigenvalue weighted by atomic mass is 127. The van der Waals surface area contributed by atoms with E-state index in [1.807, 2.05) is 0 Å². The van der Waals surface area contributed by atoms with Crippen molar-refractivity contribution in [3.8, 4) is 5.75 Å². The van der Waals surface area contributed by atoms with Crippen molar-refractivity contribution in [2.45, 2.75) is 6.61 Å². The number of anilines is 1. The Morgan fingerprint density at radius 2 is 1.86 bits per heavy atom. The quantitative estimate of drug-likeness (QED) is 0.136. The van der Waals surface area contributed by atoms with Crippen LogP contribution in [0.15, 0.2) is 64.6 Å². The Morgan fingerprint density at radius 1 is 1.14 bits per heavy atom. The predicted molar refractivity (Wildman–Crippen MR) is 150 cm³/mol. The third kappa shape index (κ3) is 5.69. The molecule has 0 aliphatic carbocycles. The fourth-order valence-electron chi connectivity index (χ4n) is 3.24. The number of carbonyl (C=O) groups excluding carboxylic acids is 2. The monoisotopic (exact) mass is 704 g/mol. The number of carbonyl (C=O) groups is 2. The first-order valence-electron chi connectivity index (χ1n) is 9.87. The Hall–Kier alpha value is -2.05. The number of nitrogens with zero attached hydrogens (tertiary/aromatic N) is 1. The van der Waals surface area contributed by atoms with Crippen LogP contribution >= 0.6 is 73.9 Å². The van der Waals surface area contributed by atoms with E-state index in [0.29, 0.717) is 15.8 Å². The van der Waals surface area contributed by atoms with Crippen molar-refractivity contribution in [1.29, 1.82) is 0 Å². The van der Waals surface area contributed by atoms with Gasteiger partial charge in [-0.3, -0.25) is 19.8 Å². The zero-order valence-electron chi connectivity index (χ0n) is 17.5. The first-order valence-corrected chi connectivity index (χ1v) is 12.9. The van der Waals surface area contributed by atoms with Gasteiger partial charge in [0.1, 0.15) is 23.7 Å². The van der Waals surface area contributed by atoms with Gasteiger partial charge in [-0.25, -0.2) is 4.39 Å². The number of hydrogen-bond donors (Lipinski definition) is 1. The van der Waals surface area contributed by atoms with Gasteiger partial charge in [-0.2, -0.15) is 0 Å². The van der Waals surface area contributed by atoms with E-state index in [4.69, 9.17) is 40.2 Å². The van der Waals surface area contributed by atoms with Crippen LogP contribution in [0.5, 0.6) is 5.75 Å². The lowest BCUT2D eigenvalue weighted by Crippen LogP contribution is -2.54. The Bertz CT molecular complexity index is 1380. The molecule has 1 heterocycles. The van der Waals surface area contributed by atoms with E-state index in [9.17, 15) is 14.0 Å². The van der Waals surface area contributed by atoms with Gasteiger partial charge < -0.3 is 4.74 Å². The van der Waals surface area contributed by atoms with Gasteiger partial charge in [0, 0.05) is 0 Å². The molecule has 3 aromatic carbocycles. The molecular formula is C24H13BrCl2FIN2O3S. The molecule has 3 aromatic rings. The van der Waals surface area contributed by atoms with E-state index in [1.165, 1.54) is 18.2 Å².